The Morgan fingerprint density at radius 3 is 2.83 bits per heavy atom. The molecule has 2 aromatic carbocycles. The first kappa shape index (κ1) is 13.1. The van der Waals surface area contributed by atoms with Crippen LogP contribution in [-0.2, 0) is 0 Å². The summed E-state index contributed by atoms with van der Waals surface area (Å²) >= 11 is 0. The van der Waals surface area contributed by atoms with Crippen molar-refractivity contribution >= 4 is 39.0 Å². The summed E-state index contributed by atoms with van der Waals surface area (Å²) in [5.41, 5.74) is 2.16. The Kier molecular flexibility index (Phi) is 2.87. The topological polar surface area (TPSA) is 107 Å². The SMILES string of the molecule is O=[N+]([O-])c1c(Nc2ccc3ncccc3c2)ccc2nonc12. The first-order chi connectivity index (χ1) is 11.2. The molecule has 0 radical (unpaired) electrons. The number of nitro groups is 1. The van der Waals surface area contributed by atoms with Crippen molar-refractivity contribution in [1.82, 2.24) is 15.3 Å². The Bertz CT molecular complexity index is 1040. The van der Waals surface area contributed by atoms with Crippen LogP contribution in [0.2, 0.25) is 0 Å². The zero-order valence-electron chi connectivity index (χ0n) is 11.6. The number of benzene rings is 2. The highest BCUT2D eigenvalue weighted by molar-refractivity contribution is 5.92. The molecular formula is C15H9N5O3. The Labute approximate surface area is 128 Å². The van der Waals surface area contributed by atoms with Gasteiger partial charge in [-0.25, -0.2) is 4.63 Å². The van der Waals surface area contributed by atoms with E-state index in [4.69, 9.17) is 0 Å². The number of nitrogens with zero attached hydrogens (tertiary/aromatic N) is 4. The van der Waals surface area contributed by atoms with Crippen LogP contribution in [0.4, 0.5) is 17.1 Å². The smallest absolute Gasteiger partial charge is 0.323 e. The molecular weight excluding hydrogens is 298 g/mol. The van der Waals surface area contributed by atoms with Gasteiger partial charge in [0.2, 0.25) is 5.52 Å². The Morgan fingerprint density at radius 2 is 1.96 bits per heavy atom. The van der Waals surface area contributed by atoms with E-state index in [0.717, 1.165) is 10.9 Å². The number of hydrogen-bond acceptors (Lipinski definition) is 7. The van der Waals surface area contributed by atoms with E-state index in [9.17, 15) is 10.1 Å². The minimum absolute atomic E-state index is 0.113. The minimum Gasteiger partial charge on any atom is -0.350 e. The van der Waals surface area contributed by atoms with E-state index >= 15 is 0 Å². The number of hydrogen-bond donors (Lipinski definition) is 1. The molecule has 0 atom stereocenters. The summed E-state index contributed by atoms with van der Waals surface area (Å²) in [6, 6.07) is 12.5. The van der Waals surface area contributed by atoms with Crippen LogP contribution in [0.3, 0.4) is 0 Å². The van der Waals surface area contributed by atoms with E-state index in [1.54, 1.807) is 18.3 Å². The fourth-order valence-electron chi connectivity index (χ4n) is 2.43. The number of pyridine rings is 1. The molecule has 112 valence electrons. The molecule has 0 saturated carbocycles. The molecule has 0 unspecified atom stereocenters. The molecule has 0 aliphatic carbocycles. The molecule has 4 rings (SSSR count). The molecule has 0 fully saturated rings. The third-order valence-electron chi connectivity index (χ3n) is 3.47. The molecule has 8 nitrogen and oxygen atoms in total. The fourth-order valence-corrected chi connectivity index (χ4v) is 2.43. The van der Waals surface area contributed by atoms with Gasteiger partial charge in [-0.15, -0.1) is 0 Å². The standard InChI is InChI=1S/C15H9N5O3/c21-20(22)15-13(6-5-12-14(15)19-23-18-12)17-10-3-4-11-9(8-10)2-1-7-16-11/h1-8,17H. The van der Waals surface area contributed by atoms with Crippen molar-refractivity contribution in [3.63, 3.8) is 0 Å². The van der Waals surface area contributed by atoms with Crippen LogP contribution in [0.15, 0.2) is 53.3 Å². The monoisotopic (exact) mass is 307 g/mol. The van der Waals surface area contributed by atoms with Gasteiger partial charge in [-0.3, -0.25) is 15.1 Å². The summed E-state index contributed by atoms with van der Waals surface area (Å²) in [7, 11) is 0. The summed E-state index contributed by atoms with van der Waals surface area (Å²) in [5, 5.41) is 22.6. The van der Waals surface area contributed by atoms with E-state index in [0.29, 0.717) is 16.9 Å². The van der Waals surface area contributed by atoms with Crippen LogP contribution in [0.25, 0.3) is 21.9 Å². The number of fused-ring (bicyclic) bond motifs is 2. The van der Waals surface area contributed by atoms with Crippen LogP contribution in [0.1, 0.15) is 0 Å². The van der Waals surface area contributed by atoms with E-state index in [1.165, 1.54) is 0 Å². The highest BCUT2D eigenvalue weighted by Crippen LogP contribution is 2.34. The largest absolute Gasteiger partial charge is 0.350 e. The van der Waals surface area contributed by atoms with Crippen LogP contribution >= 0.6 is 0 Å². The van der Waals surface area contributed by atoms with Gasteiger partial charge in [0.25, 0.3) is 0 Å². The summed E-state index contributed by atoms with van der Waals surface area (Å²) in [5.74, 6) is 0. The van der Waals surface area contributed by atoms with Crippen molar-refractivity contribution in [2.45, 2.75) is 0 Å². The van der Waals surface area contributed by atoms with Crippen molar-refractivity contribution in [2.75, 3.05) is 5.32 Å². The predicted octanol–water partition coefficient (Wildman–Crippen LogP) is 3.42. The van der Waals surface area contributed by atoms with Crippen molar-refractivity contribution in [3.05, 3.63) is 58.8 Å². The molecule has 0 amide bonds. The number of anilines is 2. The maximum atomic E-state index is 11.4. The zero-order valence-corrected chi connectivity index (χ0v) is 11.6. The van der Waals surface area contributed by atoms with Gasteiger partial charge >= 0.3 is 5.69 Å². The second-order valence-corrected chi connectivity index (χ2v) is 4.89. The molecule has 23 heavy (non-hydrogen) atoms. The average Bonchev–Trinajstić information content (AvgIpc) is 3.02. The number of nitrogens with one attached hydrogen (secondary N) is 1. The third kappa shape index (κ3) is 2.22. The van der Waals surface area contributed by atoms with Gasteiger partial charge in [0.1, 0.15) is 11.2 Å². The van der Waals surface area contributed by atoms with Crippen molar-refractivity contribution in [1.29, 1.82) is 0 Å². The van der Waals surface area contributed by atoms with Gasteiger partial charge in [-0.1, -0.05) is 6.07 Å². The number of aromatic nitrogens is 3. The normalized spacial score (nSPS) is 11.0. The molecule has 0 aliphatic heterocycles. The summed E-state index contributed by atoms with van der Waals surface area (Å²) in [4.78, 5) is 15.1. The summed E-state index contributed by atoms with van der Waals surface area (Å²) < 4.78 is 4.58. The first-order valence-corrected chi connectivity index (χ1v) is 6.74. The molecule has 2 aromatic heterocycles. The molecule has 2 heterocycles. The second kappa shape index (κ2) is 5.02. The summed E-state index contributed by atoms with van der Waals surface area (Å²) in [6.45, 7) is 0. The van der Waals surface area contributed by atoms with E-state index in [1.807, 2.05) is 30.3 Å². The molecule has 0 bridgehead atoms. The van der Waals surface area contributed by atoms with Gasteiger partial charge in [0.05, 0.1) is 10.4 Å². The molecule has 8 heteroatoms. The lowest BCUT2D eigenvalue weighted by Gasteiger charge is -2.08. The van der Waals surface area contributed by atoms with E-state index in [2.05, 4.69) is 25.2 Å². The third-order valence-corrected chi connectivity index (χ3v) is 3.47. The van der Waals surface area contributed by atoms with Gasteiger partial charge < -0.3 is 5.32 Å². The summed E-state index contributed by atoms with van der Waals surface area (Å²) in [6.07, 6.45) is 1.71. The second-order valence-electron chi connectivity index (χ2n) is 4.89. The Balaban J connectivity index is 1.82. The molecule has 4 aromatic rings. The lowest BCUT2D eigenvalue weighted by Crippen LogP contribution is -1.98. The van der Waals surface area contributed by atoms with Gasteiger partial charge in [0.15, 0.2) is 0 Å². The van der Waals surface area contributed by atoms with Gasteiger partial charge in [-0.2, -0.15) is 0 Å². The highest BCUT2D eigenvalue weighted by atomic mass is 16.6. The lowest BCUT2D eigenvalue weighted by atomic mass is 10.2. The minimum atomic E-state index is -0.503. The average molecular weight is 307 g/mol. The zero-order chi connectivity index (χ0) is 15.8. The fraction of sp³-hybridized carbons (Fsp3) is 0. The first-order valence-electron chi connectivity index (χ1n) is 6.74. The maximum Gasteiger partial charge on any atom is 0.323 e. The maximum absolute atomic E-state index is 11.4. The van der Waals surface area contributed by atoms with Crippen molar-refractivity contribution < 1.29 is 9.55 Å². The number of rotatable bonds is 3. The molecule has 0 spiro atoms. The highest BCUT2D eigenvalue weighted by Gasteiger charge is 2.22. The molecule has 0 saturated heterocycles. The van der Waals surface area contributed by atoms with E-state index < -0.39 is 4.92 Å². The van der Waals surface area contributed by atoms with E-state index in [-0.39, 0.29) is 11.2 Å². The van der Waals surface area contributed by atoms with Crippen LogP contribution < -0.4 is 5.32 Å². The van der Waals surface area contributed by atoms with Gasteiger partial charge in [-0.05, 0) is 46.7 Å². The number of nitro benzene ring substituents is 1. The Hall–Kier alpha value is -3.55. The Morgan fingerprint density at radius 1 is 1.09 bits per heavy atom. The van der Waals surface area contributed by atoms with Crippen LogP contribution in [0, 0.1) is 10.1 Å². The lowest BCUT2D eigenvalue weighted by molar-refractivity contribution is -0.382. The quantitative estimate of drug-likeness (QED) is 0.456. The molecule has 0 aliphatic rings. The van der Waals surface area contributed by atoms with Crippen LogP contribution in [0.5, 0.6) is 0 Å². The van der Waals surface area contributed by atoms with Crippen molar-refractivity contribution in [3.8, 4) is 0 Å². The predicted molar refractivity (Wildman–Crippen MR) is 83.5 cm³/mol. The van der Waals surface area contributed by atoms with Crippen LogP contribution in [-0.4, -0.2) is 20.2 Å². The van der Waals surface area contributed by atoms with Gasteiger partial charge in [0, 0.05) is 17.3 Å². The molecule has 1 N–H and O–H groups in total. The van der Waals surface area contributed by atoms with Crippen molar-refractivity contribution in [2.24, 2.45) is 0 Å².